The molecule has 2 amide bonds. The van der Waals surface area contributed by atoms with Crippen molar-refractivity contribution in [2.24, 2.45) is 0 Å². The zero-order valence-corrected chi connectivity index (χ0v) is 16.9. The number of nitrogens with two attached hydrogens (primary N) is 1. The van der Waals surface area contributed by atoms with Crippen molar-refractivity contribution < 1.29 is 19.2 Å². The molecule has 1 heterocycles. The molecule has 1 aromatic heterocycles. The van der Waals surface area contributed by atoms with Crippen molar-refractivity contribution >= 4 is 29.2 Å². The summed E-state index contributed by atoms with van der Waals surface area (Å²) in [5.74, 6) is -0.540. The summed E-state index contributed by atoms with van der Waals surface area (Å²) in [5.41, 5.74) is 10.7. The van der Waals surface area contributed by atoms with Gasteiger partial charge in [0.05, 0.1) is 22.8 Å². The van der Waals surface area contributed by atoms with Gasteiger partial charge in [-0.2, -0.15) is 0 Å². The van der Waals surface area contributed by atoms with E-state index in [9.17, 15) is 19.7 Å². The first-order valence-corrected chi connectivity index (χ1v) is 9.39. The molecular weight excluding hydrogens is 402 g/mol. The highest BCUT2D eigenvalue weighted by Crippen LogP contribution is 2.35. The van der Waals surface area contributed by atoms with Crippen LogP contribution in [0.25, 0.3) is 11.1 Å². The minimum atomic E-state index is -0.621. The maximum absolute atomic E-state index is 12.6. The number of hydrogen-bond donors (Lipinski definition) is 3. The van der Waals surface area contributed by atoms with Gasteiger partial charge in [0.1, 0.15) is 5.82 Å². The Morgan fingerprint density at radius 3 is 2.35 bits per heavy atom. The molecule has 31 heavy (non-hydrogen) atoms. The number of nitrogens with zero attached hydrogens (tertiary/aromatic N) is 2. The number of nitro benzene ring substituents is 1. The average Bonchev–Trinajstić information content (AvgIpc) is 2.99. The predicted molar refractivity (Wildman–Crippen MR) is 116 cm³/mol. The molecule has 0 saturated carbocycles. The summed E-state index contributed by atoms with van der Waals surface area (Å²) in [6.07, 6.45) is 0. The number of ether oxygens (including phenoxy) is 1. The van der Waals surface area contributed by atoms with Gasteiger partial charge in [-0.25, -0.2) is 19.7 Å². The van der Waals surface area contributed by atoms with Crippen molar-refractivity contribution in [3.8, 4) is 11.1 Å². The van der Waals surface area contributed by atoms with Gasteiger partial charge < -0.3 is 15.8 Å². The maximum atomic E-state index is 12.6. The van der Waals surface area contributed by atoms with Crippen LogP contribution in [0.3, 0.4) is 0 Å². The molecule has 0 bridgehead atoms. The van der Waals surface area contributed by atoms with Crippen molar-refractivity contribution in [1.29, 1.82) is 0 Å². The Morgan fingerprint density at radius 2 is 1.77 bits per heavy atom. The third kappa shape index (κ3) is 4.47. The quantitative estimate of drug-likeness (QED) is 0.312. The lowest BCUT2D eigenvalue weighted by molar-refractivity contribution is -0.384. The van der Waals surface area contributed by atoms with Crippen molar-refractivity contribution in [3.63, 3.8) is 0 Å². The van der Waals surface area contributed by atoms with E-state index in [1.165, 1.54) is 28.9 Å². The topological polar surface area (TPSA) is 142 Å². The molecule has 0 aliphatic heterocycles. The van der Waals surface area contributed by atoms with Crippen LogP contribution in [0.5, 0.6) is 0 Å². The summed E-state index contributed by atoms with van der Waals surface area (Å²) in [7, 11) is 0. The normalized spacial score (nSPS) is 10.4. The highest BCUT2D eigenvalue weighted by atomic mass is 16.6. The number of carbonyl (C=O) groups is 2. The third-order valence-corrected chi connectivity index (χ3v) is 4.54. The van der Waals surface area contributed by atoms with Crippen molar-refractivity contribution in [2.45, 2.75) is 13.8 Å². The molecule has 3 aromatic rings. The van der Waals surface area contributed by atoms with Crippen molar-refractivity contribution in [2.75, 3.05) is 23.1 Å². The van der Waals surface area contributed by atoms with E-state index in [1.54, 1.807) is 38.1 Å². The molecule has 160 valence electrons. The number of aromatic nitrogens is 1. The van der Waals surface area contributed by atoms with E-state index in [1.807, 2.05) is 6.07 Å². The van der Waals surface area contributed by atoms with E-state index in [0.717, 1.165) is 0 Å². The minimum absolute atomic E-state index is 0.0811. The number of esters is 1. The number of nitrogen functional groups attached to an aromatic ring is 1. The molecule has 0 fully saturated rings. The van der Waals surface area contributed by atoms with Crippen LogP contribution >= 0.6 is 0 Å². The van der Waals surface area contributed by atoms with Gasteiger partial charge in [0.2, 0.25) is 0 Å². The van der Waals surface area contributed by atoms with Crippen LogP contribution in [-0.4, -0.2) is 28.2 Å². The van der Waals surface area contributed by atoms with Crippen LogP contribution in [0, 0.1) is 17.0 Å². The first-order valence-electron chi connectivity index (χ1n) is 9.39. The molecule has 4 N–H and O–H groups in total. The Balaban J connectivity index is 2.02. The summed E-state index contributed by atoms with van der Waals surface area (Å²) in [4.78, 5) is 35.5. The number of non-ortho nitro benzene ring substituents is 1. The van der Waals surface area contributed by atoms with Gasteiger partial charge in [-0.1, -0.05) is 18.2 Å². The summed E-state index contributed by atoms with van der Waals surface area (Å²) in [5, 5.41) is 13.6. The van der Waals surface area contributed by atoms with Crippen LogP contribution in [-0.2, 0) is 4.74 Å². The second-order valence-electron chi connectivity index (χ2n) is 6.51. The highest BCUT2D eigenvalue weighted by Gasteiger charge is 2.27. The van der Waals surface area contributed by atoms with Crippen molar-refractivity contribution in [3.05, 3.63) is 76.0 Å². The highest BCUT2D eigenvalue weighted by molar-refractivity contribution is 6.03. The Kier molecular flexibility index (Phi) is 6.20. The number of amides is 2. The monoisotopic (exact) mass is 423 g/mol. The van der Waals surface area contributed by atoms with Gasteiger partial charge in [0.15, 0.2) is 0 Å². The molecule has 0 radical (unpaired) electrons. The standard InChI is InChI=1S/C21H21N5O5/c1-3-31-20(27)17-13(2)25(24-21(28)23-15-7-5-4-6-8-15)19(22)18(17)14-9-11-16(12-10-14)26(29)30/h4-12H,3,22H2,1-2H3,(H2,23,24,28). The van der Waals surface area contributed by atoms with E-state index in [0.29, 0.717) is 22.5 Å². The van der Waals surface area contributed by atoms with Gasteiger partial charge in [0, 0.05) is 23.4 Å². The number of anilines is 2. The average molecular weight is 423 g/mol. The van der Waals surface area contributed by atoms with Crippen LogP contribution in [0.2, 0.25) is 0 Å². The number of urea groups is 1. The lowest BCUT2D eigenvalue weighted by atomic mass is 10.0. The molecule has 3 rings (SSSR count). The second kappa shape index (κ2) is 8.99. The molecule has 0 aliphatic rings. The van der Waals surface area contributed by atoms with E-state index in [2.05, 4.69) is 10.7 Å². The Labute approximate surface area is 177 Å². The molecular formula is C21H21N5O5. The number of para-hydroxylation sites is 1. The fourth-order valence-electron chi connectivity index (χ4n) is 3.13. The van der Waals surface area contributed by atoms with Gasteiger partial charge in [-0.15, -0.1) is 0 Å². The zero-order chi connectivity index (χ0) is 22.5. The molecule has 10 nitrogen and oxygen atoms in total. The smallest absolute Gasteiger partial charge is 0.340 e. The molecule has 2 aromatic carbocycles. The van der Waals surface area contributed by atoms with Crippen molar-refractivity contribution in [1.82, 2.24) is 4.68 Å². The fraction of sp³-hybridized carbons (Fsp3) is 0.143. The molecule has 0 atom stereocenters. The number of rotatable bonds is 6. The first kappa shape index (κ1) is 21.4. The first-order chi connectivity index (χ1) is 14.8. The predicted octanol–water partition coefficient (Wildman–Crippen LogP) is 3.91. The Bertz CT molecular complexity index is 1120. The van der Waals surface area contributed by atoms with Crippen LogP contribution in [0.4, 0.5) is 22.0 Å². The minimum Gasteiger partial charge on any atom is -0.462 e. The van der Waals surface area contributed by atoms with Gasteiger partial charge in [-0.3, -0.25) is 10.1 Å². The van der Waals surface area contributed by atoms with Crippen LogP contribution < -0.4 is 16.5 Å². The fourth-order valence-corrected chi connectivity index (χ4v) is 3.13. The van der Waals surface area contributed by atoms with E-state index >= 15 is 0 Å². The van der Waals surface area contributed by atoms with E-state index < -0.39 is 16.9 Å². The summed E-state index contributed by atoms with van der Waals surface area (Å²) in [6.45, 7) is 3.43. The van der Waals surface area contributed by atoms with Crippen LogP contribution in [0.1, 0.15) is 23.0 Å². The Morgan fingerprint density at radius 1 is 1.13 bits per heavy atom. The van der Waals surface area contributed by atoms with Gasteiger partial charge in [0.25, 0.3) is 5.69 Å². The summed E-state index contributed by atoms with van der Waals surface area (Å²) < 4.78 is 6.44. The lowest BCUT2D eigenvalue weighted by Crippen LogP contribution is -2.29. The third-order valence-electron chi connectivity index (χ3n) is 4.54. The molecule has 0 aliphatic carbocycles. The van der Waals surface area contributed by atoms with Crippen LogP contribution in [0.15, 0.2) is 54.6 Å². The van der Waals surface area contributed by atoms with Gasteiger partial charge in [-0.05, 0) is 43.7 Å². The lowest BCUT2D eigenvalue weighted by Gasteiger charge is -2.12. The molecule has 0 spiro atoms. The van der Waals surface area contributed by atoms with E-state index in [4.69, 9.17) is 10.5 Å². The van der Waals surface area contributed by atoms with E-state index in [-0.39, 0.29) is 23.7 Å². The molecule has 0 saturated heterocycles. The zero-order valence-electron chi connectivity index (χ0n) is 16.9. The number of nitrogens with one attached hydrogen (secondary N) is 2. The largest absolute Gasteiger partial charge is 0.462 e. The maximum Gasteiger partial charge on any atom is 0.340 e. The number of nitro groups is 1. The number of carbonyl (C=O) groups excluding carboxylic acids is 2. The Hall–Kier alpha value is -4.34. The second-order valence-corrected chi connectivity index (χ2v) is 6.51. The van der Waals surface area contributed by atoms with Gasteiger partial charge >= 0.3 is 12.0 Å². The SMILES string of the molecule is CCOC(=O)c1c(-c2ccc([N+](=O)[O-])cc2)c(N)n(NC(=O)Nc2ccccc2)c1C. The molecule has 10 heteroatoms. The number of benzene rings is 2. The summed E-state index contributed by atoms with van der Waals surface area (Å²) in [6, 6.07) is 13.8. The summed E-state index contributed by atoms with van der Waals surface area (Å²) >= 11 is 0. The molecule has 0 unspecified atom stereocenters. The number of hydrogen-bond acceptors (Lipinski definition) is 6.